The Bertz CT molecular complexity index is 205. The predicted octanol–water partition coefficient (Wildman–Crippen LogP) is 1.50. The fourth-order valence-corrected chi connectivity index (χ4v) is 2.29. The van der Waals surface area contributed by atoms with Crippen molar-refractivity contribution in [2.45, 2.75) is 39.7 Å². The highest BCUT2D eigenvalue weighted by Gasteiger charge is 2.45. The number of hydrogen-bond donors (Lipinski definition) is 2. The van der Waals surface area contributed by atoms with Gasteiger partial charge in [-0.05, 0) is 24.2 Å². The summed E-state index contributed by atoms with van der Waals surface area (Å²) in [6.45, 7) is 6.10. The lowest BCUT2D eigenvalue weighted by Crippen LogP contribution is -2.34. The van der Waals surface area contributed by atoms with E-state index >= 15 is 0 Å². The molecular weight excluding hydrogens is 168 g/mol. The van der Waals surface area contributed by atoms with Crippen LogP contribution in [0.3, 0.4) is 0 Å². The highest BCUT2D eigenvalue weighted by atomic mass is 16.4. The molecule has 0 aliphatic heterocycles. The molecule has 1 fully saturated rings. The molecule has 0 aromatic rings. The smallest absolute Gasteiger partial charge is 0.309 e. The van der Waals surface area contributed by atoms with E-state index in [1.54, 1.807) is 0 Å². The summed E-state index contributed by atoms with van der Waals surface area (Å²) in [6, 6.07) is 0. The molecule has 0 bridgehead atoms. The van der Waals surface area contributed by atoms with Crippen LogP contribution >= 0.6 is 0 Å². The molecule has 0 amide bonds. The number of aliphatic hydroxyl groups is 1. The first-order valence-electron chi connectivity index (χ1n) is 4.75. The average molecular weight is 186 g/mol. The second-order valence-electron chi connectivity index (χ2n) is 4.98. The van der Waals surface area contributed by atoms with Crippen molar-refractivity contribution in [2.24, 2.45) is 17.3 Å². The van der Waals surface area contributed by atoms with Gasteiger partial charge in [-0.2, -0.15) is 0 Å². The molecule has 0 spiro atoms. The van der Waals surface area contributed by atoms with Crippen molar-refractivity contribution in [2.75, 3.05) is 0 Å². The first kappa shape index (κ1) is 10.5. The number of carbonyl (C=O) groups is 1. The molecule has 1 rings (SSSR count). The first-order valence-corrected chi connectivity index (χ1v) is 4.75. The third-order valence-electron chi connectivity index (χ3n) is 3.02. The minimum Gasteiger partial charge on any atom is -0.481 e. The molecule has 0 saturated heterocycles. The van der Waals surface area contributed by atoms with Gasteiger partial charge >= 0.3 is 5.97 Å². The van der Waals surface area contributed by atoms with E-state index in [1.807, 2.05) is 20.8 Å². The van der Waals surface area contributed by atoms with Crippen LogP contribution in [0.25, 0.3) is 0 Å². The predicted molar refractivity (Wildman–Crippen MR) is 49.3 cm³/mol. The maximum Gasteiger partial charge on any atom is 0.309 e. The Kier molecular flexibility index (Phi) is 2.66. The lowest BCUT2D eigenvalue weighted by Gasteiger charge is -2.30. The van der Waals surface area contributed by atoms with Gasteiger partial charge in [-0.1, -0.05) is 20.8 Å². The fraction of sp³-hybridized carbons (Fsp3) is 0.900. The maximum absolute atomic E-state index is 10.9. The average Bonchev–Trinajstić information content (AvgIpc) is 2.28. The number of carboxylic acids is 1. The van der Waals surface area contributed by atoms with Gasteiger partial charge in [0.25, 0.3) is 0 Å². The third kappa shape index (κ3) is 2.02. The zero-order chi connectivity index (χ0) is 10.2. The summed E-state index contributed by atoms with van der Waals surface area (Å²) in [4.78, 5) is 10.9. The van der Waals surface area contributed by atoms with Gasteiger partial charge in [-0.15, -0.1) is 0 Å². The third-order valence-corrected chi connectivity index (χ3v) is 3.02. The van der Waals surface area contributed by atoms with Gasteiger partial charge < -0.3 is 10.2 Å². The Morgan fingerprint density at radius 1 is 1.31 bits per heavy atom. The quantitative estimate of drug-likeness (QED) is 0.652. The molecule has 0 aromatic heterocycles. The van der Waals surface area contributed by atoms with E-state index in [4.69, 9.17) is 5.11 Å². The van der Waals surface area contributed by atoms with Gasteiger partial charge in [-0.3, -0.25) is 4.79 Å². The molecule has 0 radical (unpaired) electrons. The van der Waals surface area contributed by atoms with E-state index in [1.165, 1.54) is 0 Å². The van der Waals surface area contributed by atoms with Crippen LogP contribution in [0.15, 0.2) is 0 Å². The van der Waals surface area contributed by atoms with Crippen molar-refractivity contribution in [1.82, 2.24) is 0 Å². The lowest BCUT2D eigenvalue weighted by molar-refractivity contribution is -0.148. The van der Waals surface area contributed by atoms with Gasteiger partial charge in [0.05, 0.1) is 12.0 Å². The molecule has 1 aliphatic carbocycles. The van der Waals surface area contributed by atoms with Crippen molar-refractivity contribution >= 4 is 5.97 Å². The van der Waals surface area contributed by atoms with E-state index in [9.17, 15) is 9.90 Å². The lowest BCUT2D eigenvalue weighted by atomic mass is 9.74. The molecule has 2 N–H and O–H groups in total. The molecule has 13 heavy (non-hydrogen) atoms. The molecule has 3 atom stereocenters. The van der Waals surface area contributed by atoms with Crippen molar-refractivity contribution in [3.63, 3.8) is 0 Å². The van der Waals surface area contributed by atoms with Crippen molar-refractivity contribution in [3.8, 4) is 0 Å². The van der Waals surface area contributed by atoms with Crippen LogP contribution < -0.4 is 0 Å². The van der Waals surface area contributed by atoms with Crippen molar-refractivity contribution < 1.29 is 15.0 Å². The van der Waals surface area contributed by atoms with Gasteiger partial charge in [-0.25, -0.2) is 0 Å². The summed E-state index contributed by atoms with van der Waals surface area (Å²) in [6.07, 6.45) is 0.794. The van der Waals surface area contributed by atoms with Crippen LogP contribution in [0.2, 0.25) is 0 Å². The Morgan fingerprint density at radius 3 is 2.15 bits per heavy atom. The molecule has 1 saturated carbocycles. The minimum atomic E-state index is -0.857. The number of hydrogen-bond acceptors (Lipinski definition) is 2. The number of carboxylic acid groups (broad SMARTS) is 1. The van der Waals surface area contributed by atoms with E-state index < -0.39 is 18.0 Å². The van der Waals surface area contributed by atoms with Crippen molar-refractivity contribution in [3.05, 3.63) is 0 Å². The maximum atomic E-state index is 10.9. The molecular formula is C10H18O3. The fourth-order valence-electron chi connectivity index (χ4n) is 2.29. The largest absolute Gasteiger partial charge is 0.481 e. The summed E-state index contributed by atoms with van der Waals surface area (Å²) >= 11 is 0. The van der Waals surface area contributed by atoms with E-state index in [2.05, 4.69) is 0 Å². The van der Waals surface area contributed by atoms with Crippen molar-refractivity contribution in [1.29, 1.82) is 0 Å². The van der Waals surface area contributed by atoms with Gasteiger partial charge in [0.15, 0.2) is 0 Å². The highest BCUT2D eigenvalue weighted by molar-refractivity contribution is 5.71. The highest BCUT2D eigenvalue weighted by Crippen LogP contribution is 2.43. The van der Waals surface area contributed by atoms with E-state index in [-0.39, 0.29) is 11.3 Å². The Morgan fingerprint density at radius 2 is 1.85 bits per heavy atom. The van der Waals surface area contributed by atoms with Crippen LogP contribution in [0, 0.1) is 17.3 Å². The van der Waals surface area contributed by atoms with Gasteiger partial charge in [0.2, 0.25) is 0 Å². The normalized spacial score (nSPS) is 34.9. The summed E-state index contributed by atoms with van der Waals surface area (Å²) in [5.41, 5.74) is -0.0272. The molecule has 3 heteroatoms. The first-order chi connectivity index (χ1) is 5.84. The molecule has 1 aliphatic rings. The van der Waals surface area contributed by atoms with Crippen LogP contribution in [-0.4, -0.2) is 22.3 Å². The topological polar surface area (TPSA) is 57.5 Å². The monoisotopic (exact) mass is 186 g/mol. The minimum absolute atomic E-state index is 0.0272. The SMILES string of the molecule is CC(C)(C)[C@H]1CC[C@H](O)[C@@H]1C(=O)O. The Hall–Kier alpha value is -0.570. The Labute approximate surface area is 78.8 Å². The summed E-state index contributed by atoms with van der Waals surface area (Å²) < 4.78 is 0. The van der Waals surface area contributed by atoms with E-state index in [0.29, 0.717) is 6.42 Å². The zero-order valence-corrected chi connectivity index (χ0v) is 8.45. The summed E-state index contributed by atoms with van der Waals surface area (Å²) in [5.74, 6) is -1.33. The summed E-state index contributed by atoms with van der Waals surface area (Å²) in [5, 5.41) is 18.5. The molecule has 76 valence electrons. The van der Waals surface area contributed by atoms with Crippen LogP contribution in [-0.2, 0) is 4.79 Å². The van der Waals surface area contributed by atoms with Gasteiger partial charge in [0, 0.05) is 0 Å². The molecule has 0 aromatic carbocycles. The van der Waals surface area contributed by atoms with E-state index in [0.717, 1.165) is 6.42 Å². The van der Waals surface area contributed by atoms with Crippen LogP contribution in [0.1, 0.15) is 33.6 Å². The number of aliphatic carboxylic acids is 1. The van der Waals surface area contributed by atoms with Gasteiger partial charge in [0.1, 0.15) is 0 Å². The van der Waals surface area contributed by atoms with Crippen LogP contribution in [0.4, 0.5) is 0 Å². The second kappa shape index (κ2) is 3.29. The molecule has 0 heterocycles. The standard InChI is InChI=1S/C10H18O3/c1-10(2,3)6-4-5-7(11)8(6)9(12)13/h6-8,11H,4-5H2,1-3H3,(H,12,13)/t6-,7-,8+/m0/s1. The molecule has 3 nitrogen and oxygen atoms in total. The molecule has 0 unspecified atom stereocenters. The summed E-state index contributed by atoms with van der Waals surface area (Å²) in [7, 11) is 0. The number of aliphatic hydroxyl groups excluding tert-OH is 1. The number of rotatable bonds is 1. The van der Waals surface area contributed by atoms with Crippen LogP contribution in [0.5, 0.6) is 0 Å². The zero-order valence-electron chi connectivity index (χ0n) is 8.45. The Balaban J connectivity index is 2.82. The second-order valence-corrected chi connectivity index (χ2v) is 4.98.